The molecule has 2 aromatic rings. The monoisotopic (exact) mass is 324 g/mol. The van der Waals surface area contributed by atoms with Crippen molar-refractivity contribution < 1.29 is 9.53 Å². The van der Waals surface area contributed by atoms with Crippen LogP contribution in [0.1, 0.15) is 27.9 Å². The van der Waals surface area contributed by atoms with E-state index in [4.69, 9.17) is 4.74 Å². The van der Waals surface area contributed by atoms with Crippen LogP contribution in [0.25, 0.3) is 0 Å². The number of ether oxygens (including phenoxy) is 1. The summed E-state index contributed by atoms with van der Waals surface area (Å²) in [5.74, 6) is 0.979. The Bertz CT molecular complexity index is 735. The highest BCUT2D eigenvalue weighted by molar-refractivity contribution is 5.94. The van der Waals surface area contributed by atoms with Gasteiger partial charge in [-0.1, -0.05) is 6.07 Å². The lowest BCUT2D eigenvalue weighted by Gasteiger charge is -2.22. The molecule has 0 bridgehead atoms. The van der Waals surface area contributed by atoms with Crippen LogP contribution in [-0.2, 0) is 18.0 Å². The molecule has 0 unspecified atom stereocenters. The van der Waals surface area contributed by atoms with E-state index in [1.807, 2.05) is 35.2 Å². The molecule has 0 spiro atoms. The van der Waals surface area contributed by atoms with Crippen molar-refractivity contribution in [3.05, 3.63) is 53.2 Å². The molecule has 2 aliphatic rings. The molecule has 24 heavy (non-hydrogen) atoms. The maximum atomic E-state index is 12.8. The van der Waals surface area contributed by atoms with E-state index in [9.17, 15) is 4.79 Å². The number of hydrogen-bond donors (Lipinski definition) is 0. The third kappa shape index (κ3) is 2.97. The molecular formula is C18H20N4O2. The largest absolute Gasteiger partial charge is 0.372 e. The molecule has 0 N–H and O–H groups in total. The molecule has 1 aromatic carbocycles. The quantitative estimate of drug-likeness (QED) is 0.844. The minimum Gasteiger partial charge on any atom is -0.372 e. The number of nitrogens with zero attached hydrogens (tertiary/aromatic N) is 4. The maximum Gasteiger partial charge on any atom is 0.253 e. The molecule has 124 valence electrons. The first-order valence-corrected chi connectivity index (χ1v) is 8.33. The lowest BCUT2D eigenvalue weighted by molar-refractivity contribution is 0.0767. The van der Waals surface area contributed by atoms with E-state index in [0.29, 0.717) is 19.8 Å². The molecule has 2 aliphatic heterocycles. The Labute approximate surface area is 141 Å². The smallest absolute Gasteiger partial charge is 0.253 e. The fraction of sp³-hybridized carbons (Fsp3) is 0.389. The van der Waals surface area contributed by atoms with E-state index in [2.05, 4.69) is 15.1 Å². The first kappa shape index (κ1) is 15.1. The average Bonchev–Trinajstić information content (AvgIpc) is 2.96. The van der Waals surface area contributed by atoms with Gasteiger partial charge < -0.3 is 14.5 Å². The second-order valence-electron chi connectivity index (χ2n) is 6.19. The molecule has 1 aromatic heterocycles. The number of hydrogen-bond acceptors (Lipinski definition) is 5. The number of fused-ring (bicyclic) bond motifs is 1. The molecular weight excluding hydrogens is 304 g/mol. The van der Waals surface area contributed by atoms with E-state index in [1.54, 1.807) is 6.20 Å². The van der Waals surface area contributed by atoms with Crippen molar-refractivity contribution in [2.75, 3.05) is 31.1 Å². The Morgan fingerprint density at radius 1 is 1.04 bits per heavy atom. The molecule has 6 nitrogen and oxygen atoms in total. The zero-order valence-electron chi connectivity index (χ0n) is 13.5. The number of anilines is 1. The topological polar surface area (TPSA) is 58.6 Å². The van der Waals surface area contributed by atoms with Crippen LogP contribution >= 0.6 is 0 Å². The summed E-state index contributed by atoms with van der Waals surface area (Å²) in [4.78, 5) is 17.0. The van der Waals surface area contributed by atoms with Crippen LogP contribution < -0.4 is 4.90 Å². The number of carbonyl (C=O) groups is 1. The Hall–Kier alpha value is -2.47. The fourth-order valence-electron chi connectivity index (χ4n) is 3.30. The highest BCUT2D eigenvalue weighted by Gasteiger charge is 2.22. The van der Waals surface area contributed by atoms with Crippen molar-refractivity contribution in [3.8, 4) is 0 Å². The van der Waals surface area contributed by atoms with E-state index in [-0.39, 0.29) is 5.91 Å². The van der Waals surface area contributed by atoms with E-state index in [0.717, 1.165) is 43.0 Å². The average molecular weight is 324 g/mol. The van der Waals surface area contributed by atoms with Crippen molar-refractivity contribution in [3.63, 3.8) is 0 Å². The summed E-state index contributed by atoms with van der Waals surface area (Å²) in [6.45, 7) is 4.39. The summed E-state index contributed by atoms with van der Waals surface area (Å²) in [5.41, 5.74) is 3.08. The second kappa shape index (κ2) is 6.57. The summed E-state index contributed by atoms with van der Waals surface area (Å²) >= 11 is 0. The molecule has 0 aliphatic carbocycles. The number of amides is 1. The van der Waals surface area contributed by atoms with E-state index in [1.165, 1.54) is 5.56 Å². The van der Waals surface area contributed by atoms with Crippen molar-refractivity contribution in [2.45, 2.75) is 19.6 Å². The highest BCUT2D eigenvalue weighted by atomic mass is 16.5. The second-order valence-corrected chi connectivity index (χ2v) is 6.19. The molecule has 1 fully saturated rings. The SMILES string of the molecule is O=C(c1ccc2c(c1)COC2)N1CCCN(c2cccnn2)CC1. The molecule has 6 heteroatoms. The molecule has 1 saturated heterocycles. The van der Waals surface area contributed by atoms with Crippen molar-refractivity contribution >= 4 is 11.7 Å². The van der Waals surface area contributed by atoms with Crippen LogP contribution in [0.5, 0.6) is 0 Å². The molecule has 0 saturated carbocycles. The van der Waals surface area contributed by atoms with Gasteiger partial charge in [-0.05, 0) is 41.8 Å². The lowest BCUT2D eigenvalue weighted by atomic mass is 10.1. The Kier molecular flexibility index (Phi) is 4.13. The molecule has 4 rings (SSSR count). The number of rotatable bonds is 2. The summed E-state index contributed by atoms with van der Waals surface area (Å²) in [6.07, 6.45) is 2.60. The van der Waals surface area contributed by atoms with Crippen molar-refractivity contribution in [1.29, 1.82) is 0 Å². The Morgan fingerprint density at radius 3 is 2.83 bits per heavy atom. The van der Waals surface area contributed by atoms with Gasteiger partial charge in [0.25, 0.3) is 5.91 Å². The van der Waals surface area contributed by atoms with Gasteiger partial charge in [-0.25, -0.2) is 0 Å². The van der Waals surface area contributed by atoms with Crippen LogP contribution in [0.4, 0.5) is 5.82 Å². The maximum absolute atomic E-state index is 12.8. The van der Waals surface area contributed by atoms with E-state index >= 15 is 0 Å². The predicted molar refractivity (Wildman–Crippen MR) is 89.7 cm³/mol. The van der Waals surface area contributed by atoms with Gasteiger partial charge in [-0.2, -0.15) is 5.10 Å². The van der Waals surface area contributed by atoms with Crippen LogP contribution in [0.15, 0.2) is 36.5 Å². The molecule has 3 heterocycles. The van der Waals surface area contributed by atoms with Crippen LogP contribution in [0.2, 0.25) is 0 Å². The van der Waals surface area contributed by atoms with Gasteiger partial charge in [0.05, 0.1) is 13.2 Å². The van der Waals surface area contributed by atoms with Gasteiger partial charge >= 0.3 is 0 Å². The standard InChI is InChI=1S/C18H20N4O2/c23-18(14-4-5-15-12-24-13-16(15)11-14)22-8-2-7-21(9-10-22)17-3-1-6-19-20-17/h1,3-6,11H,2,7-10,12-13H2. The minimum atomic E-state index is 0.102. The zero-order valence-corrected chi connectivity index (χ0v) is 13.5. The Balaban J connectivity index is 1.46. The number of aromatic nitrogens is 2. The van der Waals surface area contributed by atoms with Crippen LogP contribution in [-0.4, -0.2) is 47.2 Å². The third-order valence-electron chi connectivity index (χ3n) is 4.63. The molecule has 0 atom stereocenters. The highest BCUT2D eigenvalue weighted by Crippen LogP contribution is 2.22. The lowest BCUT2D eigenvalue weighted by Crippen LogP contribution is -2.35. The zero-order chi connectivity index (χ0) is 16.4. The normalized spacial score (nSPS) is 17.5. The third-order valence-corrected chi connectivity index (χ3v) is 4.63. The summed E-state index contributed by atoms with van der Waals surface area (Å²) in [5, 5.41) is 8.11. The van der Waals surface area contributed by atoms with Crippen LogP contribution in [0, 0.1) is 0 Å². The Morgan fingerprint density at radius 2 is 1.96 bits per heavy atom. The summed E-state index contributed by atoms with van der Waals surface area (Å²) in [7, 11) is 0. The van der Waals surface area contributed by atoms with Crippen LogP contribution in [0.3, 0.4) is 0 Å². The van der Waals surface area contributed by atoms with Gasteiger partial charge in [-0.15, -0.1) is 5.10 Å². The first-order valence-electron chi connectivity index (χ1n) is 8.33. The molecule has 0 radical (unpaired) electrons. The minimum absolute atomic E-state index is 0.102. The number of benzene rings is 1. The van der Waals surface area contributed by atoms with Gasteiger partial charge in [0.1, 0.15) is 0 Å². The summed E-state index contributed by atoms with van der Waals surface area (Å²) in [6, 6.07) is 9.77. The van der Waals surface area contributed by atoms with E-state index < -0.39 is 0 Å². The van der Waals surface area contributed by atoms with Crippen molar-refractivity contribution in [1.82, 2.24) is 15.1 Å². The predicted octanol–water partition coefficient (Wildman–Crippen LogP) is 1.86. The number of carbonyl (C=O) groups excluding carboxylic acids is 1. The van der Waals surface area contributed by atoms with Gasteiger partial charge in [0, 0.05) is 37.9 Å². The first-order chi connectivity index (χ1) is 11.8. The van der Waals surface area contributed by atoms with Gasteiger partial charge in [0.15, 0.2) is 5.82 Å². The van der Waals surface area contributed by atoms with Crippen molar-refractivity contribution in [2.24, 2.45) is 0 Å². The summed E-state index contributed by atoms with van der Waals surface area (Å²) < 4.78 is 5.43. The fourth-order valence-corrected chi connectivity index (χ4v) is 3.30. The van der Waals surface area contributed by atoms with Gasteiger partial charge in [-0.3, -0.25) is 4.79 Å². The molecule has 1 amide bonds. The van der Waals surface area contributed by atoms with Gasteiger partial charge in [0.2, 0.25) is 0 Å².